The molecule has 0 fully saturated rings. The molecule has 2 rings (SSSR count). The van der Waals surface area contributed by atoms with E-state index in [0.717, 1.165) is 12.2 Å². The van der Waals surface area contributed by atoms with Gasteiger partial charge >= 0.3 is 0 Å². The fourth-order valence-electron chi connectivity index (χ4n) is 1.34. The van der Waals surface area contributed by atoms with Crippen LogP contribution in [0.15, 0.2) is 54.7 Å². The lowest BCUT2D eigenvalue weighted by molar-refractivity contribution is 0.320. The second-order valence-corrected chi connectivity index (χ2v) is 3.31. The van der Waals surface area contributed by atoms with E-state index >= 15 is 0 Å². The number of nitrogens with zero attached hydrogens (tertiary/aromatic N) is 1. The molecule has 0 bridgehead atoms. The fraction of sp³-hybridized carbons (Fsp3) is 0.154. The number of hydrogen-bond acceptors (Lipinski definition) is 3. The molecule has 0 saturated carbocycles. The van der Waals surface area contributed by atoms with Gasteiger partial charge in [0.15, 0.2) is 0 Å². The van der Waals surface area contributed by atoms with Gasteiger partial charge in [-0.05, 0) is 18.2 Å². The highest BCUT2D eigenvalue weighted by atomic mass is 16.5. The SMILES string of the molecule is c1ccc(NCCOc2ccccn2)cc1. The van der Waals surface area contributed by atoms with Gasteiger partial charge in [0.1, 0.15) is 6.61 Å². The minimum atomic E-state index is 0.603. The van der Waals surface area contributed by atoms with E-state index in [1.54, 1.807) is 6.20 Å². The van der Waals surface area contributed by atoms with Crippen molar-refractivity contribution in [1.29, 1.82) is 0 Å². The van der Waals surface area contributed by atoms with Crippen LogP contribution in [0, 0.1) is 0 Å². The van der Waals surface area contributed by atoms with Crippen molar-refractivity contribution in [2.24, 2.45) is 0 Å². The van der Waals surface area contributed by atoms with E-state index < -0.39 is 0 Å². The summed E-state index contributed by atoms with van der Waals surface area (Å²) in [6.45, 7) is 1.37. The van der Waals surface area contributed by atoms with Crippen LogP contribution in [0.5, 0.6) is 5.88 Å². The Hall–Kier alpha value is -2.03. The molecule has 16 heavy (non-hydrogen) atoms. The Balaban J connectivity index is 1.70. The van der Waals surface area contributed by atoms with E-state index in [1.165, 1.54) is 0 Å². The van der Waals surface area contributed by atoms with Crippen molar-refractivity contribution in [3.63, 3.8) is 0 Å². The average Bonchev–Trinajstić information content (AvgIpc) is 2.37. The maximum atomic E-state index is 5.45. The summed E-state index contributed by atoms with van der Waals surface area (Å²) in [5.41, 5.74) is 1.10. The minimum absolute atomic E-state index is 0.603. The lowest BCUT2D eigenvalue weighted by Crippen LogP contribution is -2.11. The molecule has 0 aliphatic rings. The molecule has 0 unspecified atom stereocenters. The topological polar surface area (TPSA) is 34.1 Å². The molecule has 0 aliphatic carbocycles. The maximum absolute atomic E-state index is 5.45. The molecule has 2 aromatic rings. The Morgan fingerprint density at radius 2 is 1.81 bits per heavy atom. The predicted octanol–water partition coefficient (Wildman–Crippen LogP) is 2.57. The van der Waals surface area contributed by atoms with Crippen molar-refractivity contribution in [2.75, 3.05) is 18.5 Å². The van der Waals surface area contributed by atoms with Crippen molar-refractivity contribution in [2.45, 2.75) is 0 Å². The van der Waals surface area contributed by atoms with Crippen LogP contribution < -0.4 is 10.1 Å². The molecular weight excluding hydrogens is 200 g/mol. The molecule has 0 aliphatic heterocycles. The molecule has 0 radical (unpaired) electrons. The van der Waals surface area contributed by atoms with Gasteiger partial charge < -0.3 is 10.1 Å². The Labute approximate surface area is 95.1 Å². The van der Waals surface area contributed by atoms with Crippen molar-refractivity contribution in [1.82, 2.24) is 4.98 Å². The number of ether oxygens (including phenoxy) is 1. The highest BCUT2D eigenvalue weighted by molar-refractivity contribution is 5.42. The highest BCUT2D eigenvalue weighted by Crippen LogP contribution is 2.05. The van der Waals surface area contributed by atoms with Crippen LogP contribution in [0.25, 0.3) is 0 Å². The number of pyridine rings is 1. The first-order chi connectivity index (χ1) is 7.95. The number of anilines is 1. The first-order valence-electron chi connectivity index (χ1n) is 5.28. The molecular formula is C13H14N2O. The second-order valence-electron chi connectivity index (χ2n) is 3.31. The lowest BCUT2D eigenvalue weighted by atomic mass is 10.3. The zero-order valence-electron chi connectivity index (χ0n) is 8.97. The molecule has 1 aromatic heterocycles. The molecule has 82 valence electrons. The largest absolute Gasteiger partial charge is 0.476 e. The maximum Gasteiger partial charge on any atom is 0.213 e. The lowest BCUT2D eigenvalue weighted by Gasteiger charge is -2.07. The van der Waals surface area contributed by atoms with Gasteiger partial charge in [-0.25, -0.2) is 4.98 Å². The summed E-state index contributed by atoms with van der Waals surface area (Å²) >= 11 is 0. The van der Waals surface area contributed by atoms with E-state index in [9.17, 15) is 0 Å². The minimum Gasteiger partial charge on any atom is -0.476 e. The third-order valence-electron chi connectivity index (χ3n) is 2.09. The van der Waals surface area contributed by atoms with Gasteiger partial charge in [0.2, 0.25) is 5.88 Å². The van der Waals surface area contributed by atoms with Crippen LogP contribution in [0.1, 0.15) is 0 Å². The van der Waals surface area contributed by atoms with E-state index in [2.05, 4.69) is 10.3 Å². The van der Waals surface area contributed by atoms with Gasteiger partial charge in [-0.3, -0.25) is 0 Å². The Bertz CT molecular complexity index is 361. The zero-order valence-corrected chi connectivity index (χ0v) is 8.97. The first-order valence-corrected chi connectivity index (χ1v) is 5.28. The summed E-state index contributed by atoms with van der Waals surface area (Å²) in [6, 6.07) is 15.7. The molecule has 3 nitrogen and oxygen atoms in total. The van der Waals surface area contributed by atoms with E-state index in [0.29, 0.717) is 12.5 Å². The van der Waals surface area contributed by atoms with Gasteiger partial charge in [-0.15, -0.1) is 0 Å². The molecule has 1 aromatic carbocycles. The molecule has 0 saturated heterocycles. The van der Waals surface area contributed by atoms with Crippen LogP contribution in [-0.4, -0.2) is 18.1 Å². The molecule has 0 atom stereocenters. The van der Waals surface area contributed by atoms with Gasteiger partial charge in [0.05, 0.1) is 0 Å². The number of rotatable bonds is 5. The smallest absolute Gasteiger partial charge is 0.213 e. The van der Waals surface area contributed by atoms with E-state index in [-0.39, 0.29) is 0 Å². The van der Waals surface area contributed by atoms with Gasteiger partial charge in [0.25, 0.3) is 0 Å². The number of nitrogens with one attached hydrogen (secondary N) is 1. The number of benzene rings is 1. The van der Waals surface area contributed by atoms with Crippen LogP contribution >= 0.6 is 0 Å². The number of aromatic nitrogens is 1. The van der Waals surface area contributed by atoms with Crippen molar-refractivity contribution in [3.8, 4) is 5.88 Å². The summed E-state index contributed by atoms with van der Waals surface area (Å²) < 4.78 is 5.45. The molecule has 0 spiro atoms. The van der Waals surface area contributed by atoms with Crippen molar-refractivity contribution in [3.05, 3.63) is 54.7 Å². The summed E-state index contributed by atoms with van der Waals surface area (Å²) in [5.74, 6) is 0.664. The van der Waals surface area contributed by atoms with E-state index in [1.807, 2.05) is 48.5 Å². The van der Waals surface area contributed by atoms with Gasteiger partial charge in [-0.2, -0.15) is 0 Å². The quantitative estimate of drug-likeness (QED) is 0.777. The fourth-order valence-corrected chi connectivity index (χ4v) is 1.34. The Kier molecular flexibility index (Phi) is 3.77. The summed E-state index contributed by atoms with van der Waals surface area (Å²) in [4.78, 5) is 4.07. The standard InChI is InChI=1S/C13H14N2O/c1-2-6-12(7-3-1)14-10-11-16-13-8-4-5-9-15-13/h1-9,14H,10-11H2. The monoisotopic (exact) mass is 214 g/mol. The van der Waals surface area contributed by atoms with Crippen LogP contribution in [0.2, 0.25) is 0 Å². The van der Waals surface area contributed by atoms with Crippen LogP contribution in [-0.2, 0) is 0 Å². The van der Waals surface area contributed by atoms with Crippen molar-refractivity contribution < 1.29 is 4.74 Å². The second kappa shape index (κ2) is 5.75. The zero-order chi connectivity index (χ0) is 11.1. The average molecular weight is 214 g/mol. The Morgan fingerprint density at radius 1 is 1.00 bits per heavy atom. The third-order valence-corrected chi connectivity index (χ3v) is 2.09. The molecule has 0 amide bonds. The van der Waals surface area contributed by atoms with Crippen LogP contribution in [0.4, 0.5) is 5.69 Å². The highest BCUT2D eigenvalue weighted by Gasteiger charge is 1.93. The predicted molar refractivity (Wildman–Crippen MR) is 64.7 cm³/mol. The van der Waals surface area contributed by atoms with E-state index in [4.69, 9.17) is 4.74 Å². The normalized spacial score (nSPS) is 9.75. The number of hydrogen-bond donors (Lipinski definition) is 1. The van der Waals surface area contributed by atoms with Gasteiger partial charge in [0, 0.05) is 24.5 Å². The summed E-state index contributed by atoms with van der Waals surface area (Å²) in [7, 11) is 0. The third kappa shape index (κ3) is 3.28. The number of para-hydroxylation sites is 1. The Morgan fingerprint density at radius 3 is 2.56 bits per heavy atom. The molecule has 1 N–H and O–H groups in total. The molecule has 3 heteroatoms. The summed E-state index contributed by atoms with van der Waals surface area (Å²) in [5, 5.41) is 3.26. The van der Waals surface area contributed by atoms with Crippen LogP contribution in [0.3, 0.4) is 0 Å². The van der Waals surface area contributed by atoms with Gasteiger partial charge in [-0.1, -0.05) is 24.3 Å². The van der Waals surface area contributed by atoms with Crippen molar-refractivity contribution >= 4 is 5.69 Å². The molecule has 1 heterocycles. The first kappa shape index (κ1) is 10.5. The summed E-state index contributed by atoms with van der Waals surface area (Å²) in [6.07, 6.45) is 1.72.